The molecule has 0 aliphatic rings. The predicted molar refractivity (Wildman–Crippen MR) is 69.6 cm³/mol. The van der Waals surface area contributed by atoms with Gasteiger partial charge in [0.1, 0.15) is 0 Å². The van der Waals surface area contributed by atoms with Gasteiger partial charge in [-0.1, -0.05) is 44.2 Å². The quantitative estimate of drug-likeness (QED) is 0.442. The molecule has 0 aliphatic heterocycles. The van der Waals surface area contributed by atoms with Crippen molar-refractivity contribution in [2.24, 2.45) is 5.92 Å². The Hall–Kier alpha value is -1.70. The van der Waals surface area contributed by atoms with Gasteiger partial charge in [0.05, 0.1) is 5.57 Å². The number of hydrogen-bond acceptors (Lipinski definition) is 2. The van der Waals surface area contributed by atoms with Gasteiger partial charge in [-0.25, -0.2) is 0 Å². The molecule has 17 heavy (non-hydrogen) atoms. The molecule has 0 radical (unpaired) electrons. The molecule has 0 atom stereocenters. The summed E-state index contributed by atoms with van der Waals surface area (Å²) in [6.07, 6.45) is 2.09. The van der Waals surface area contributed by atoms with E-state index >= 15 is 0 Å². The van der Waals surface area contributed by atoms with Gasteiger partial charge in [-0.3, -0.25) is 9.59 Å². The van der Waals surface area contributed by atoms with Gasteiger partial charge in [0.2, 0.25) is 0 Å². The van der Waals surface area contributed by atoms with Gasteiger partial charge in [0.25, 0.3) is 0 Å². The van der Waals surface area contributed by atoms with Crippen molar-refractivity contribution in [2.75, 3.05) is 0 Å². The highest BCUT2D eigenvalue weighted by Crippen LogP contribution is 2.13. The first-order chi connectivity index (χ1) is 8.00. The van der Waals surface area contributed by atoms with Crippen LogP contribution in [0.3, 0.4) is 0 Å². The van der Waals surface area contributed by atoms with Crippen molar-refractivity contribution in [3.63, 3.8) is 0 Å². The third-order valence-electron chi connectivity index (χ3n) is 2.38. The van der Waals surface area contributed by atoms with E-state index in [-0.39, 0.29) is 17.5 Å². The van der Waals surface area contributed by atoms with Crippen molar-refractivity contribution in [3.8, 4) is 0 Å². The van der Waals surface area contributed by atoms with E-state index in [0.29, 0.717) is 12.0 Å². The smallest absolute Gasteiger partial charge is 0.166 e. The van der Waals surface area contributed by atoms with Crippen LogP contribution >= 0.6 is 0 Å². The van der Waals surface area contributed by atoms with Crippen LogP contribution in [0.1, 0.15) is 32.8 Å². The minimum absolute atomic E-state index is 0.0728. The van der Waals surface area contributed by atoms with E-state index in [1.807, 2.05) is 44.2 Å². The largest absolute Gasteiger partial charge is 0.294 e. The molecule has 0 aliphatic carbocycles. The summed E-state index contributed by atoms with van der Waals surface area (Å²) in [4.78, 5) is 23.4. The highest BCUT2D eigenvalue weighted by atomic mass is 16.1. The summed E-state index contributed by atoms with van der Waals surface area (Å²) in [7, 11) is 0. The van der Waals surface area contributed by atoms with Crippen LogP contribution in [0, 0.1) is 5.92 Å². The molecule has 90 valence electrons. The molecule has 1 aromatic rings. The molecule has 0 spiro atoms. The molecule has 2 nitrogen and oxygen atoms in total. The number of allylic oxidation sites excluding steroid dienone is 1. The minimum Gasteiger partial charge on any atom is -0.294 e. The molecule has 0 unspecified atom stereocenters. The van der Waals surface area contributed by atoms with E-state index in [9.17, 15) is 9.59 Å². The Balaban J connectivity index is 2.98. The Morgan fingerprint density at radius 3 is 2.24 bits per heavy atom. The van der Waals surface area contributed by atoms with Gasteiger partial charge in [0, 0.05) is 6.42 Å². The average Bonchev–Trinajstić information content (AvgIpc) is 2.25. The maximum atomic E-state index is 11.9. The van der Waals surface area contributed by atoms with Crippen LogP contribution in [0.2, 0.25) is 0 Å². The Morgan fingerprint density at radius 1 is 1.18 bits per heavy atom. The first kappa shape index (κ1) is 13.4. The topological polar surface area (TPSA) is 34.1 Å². The Morgan fingerprint density at radius 2 is 1.76 bits per heavy atom. The lowest BCUT2D eigenvalue weighted by molar-refractivity contribution is -0.120. The molecule has 0 heterocycles. The van der Waals surface area contributed by atoms with Crippen molar-refractivity contribution in [1.29, 1.82) is 0 Å². The Bertz CT molecular complexity index is 427. The number of rotatable bonds is 5. The fourth-order valence-corrected chi connectivity index (χ4v) is 1.58. The molecule has 0 fully saturated rings. The maximum absolute atomic E-state index is 11.9. The van der Waals surface area contributed by atoms with Gasteiger partial charge in [-0.15, -0.1) is 0 Å². The lowest BCUT2D eigenvalue weighted by Crippen LogP contribution is -2.12. The average molecular weight is 230 g/mol. The van der Waals surface area contributed by atoms with E-state index < -0.39 is 0 Å². The Labute approximate surface area is 102 Å². The first-order valence-corrected chi connectivity index (χ1v) is 5.81. The first-order valence-electron chi connectivity index (χ1n) is 5.81. The van der Waals surface area contributed by atoms with Gasteiger partial charge >= 0.3 is 0 Å². The SMILES string of the molecule is CC(=O)/C(=C\c1ccccc1)C(=O)CC(C)C. The van der Waals surface area contributed by atoms with Crippen LogP contribution in [0.4, 0.5) is 0 Å². The highest BCUT2D eigenvalue weighted by molar-refractivity contribution is 6.22. The fourth-order valence-electron chi connectivity index (χ4n) is 1.58. The van der Waals surface area contributed by atoms with E-state index in [4.69, 9.17) is 0 Å². The molecule has 1 aromatic carbocycles. The number of carbonyl (C=O) groups excluding carboxylic acids is 2. The summed E-state index contributed by atoms with van der Waals surface area (Å²) >= 11 is 0. The molecule has 0 saturated carbocycles. The summed E-state index contributed by atoms with van der Waals surface area (Å²) in [5, 5.41) is 0. The number of hydrogen-bond donors (Lipinski definition) is 0. The predicted octanol–water partition coefficient (Wildman–Crippen LogP) is 3.27. The van der Waals surface area contributed by atoms with Gasteiger partial charge in [0.15, 0.2) is 11.6 Å². The second kappa shape index (κ2) is 6.14. The van der Waals surface area contributed by atoms with E-state index in [0.717, 1.165) is 5.56 Å². The standard InChI is InChI=1S/C15H18O2/c1-11(2)9-15(17)14(12(3)16)10-13-7-5-4-6-8-13/h4-8,10-11H,9H2,1-3H3/b14-10+. The van der Waals surface area contributed by atoms with Crippen molar-refractivity contribution in [1.82, 2.24) is 0 Å². The lowest BCUT2D eigenvalue weighted by atomic mass is 9.97. The molecule has 0 aromatic heterocycles. The fraction of sp³-hybridized carbons (Fsp3) is 0.333. The van der Waals surface area contributed by atoms with Crippen molar-refractivity contribution < 1.29 is 9.59 Å². The number of Topliss-reactive ketones (excluding diaryl/α,β-unsaturated/α-hetero) is 2. The zero-order valence-electron chi connectivity index (χ0n) is 10.6. The molecular weight excluding hydrogens is 212 g/mol. The number of carbonyl (C=O) groups is 2. The van der Waals surface area contributed by atoms with Gasteiger partial charge in [-0.2, -0.15) is 0 Å². The zero-order chi connectivity index (χ0) is 12.8. The summed E-state index contributed by atoms with van der Waals surface area (Å²) in [6, 6.07) is 9.44. The second-order valence-corrected chi connectivity index (χ2v) is 4.55. The van der Waals surface area contributed by atoms with E-state index in [1.54, 1.807) is 6.08 Å². The van der Waals surface area contributed by atoms with Crippen molar-refractivity contribution in [2.45, 2.75) is 27.2 Å². The molecule has 1 rings (SSSR count). The minimum atomic E-state index is -0.167. The summed E-state index contributed by atoms with van der Waals surface area (Å²) < 4.78 is 0. The van der Waals surface area contributed by atoms with Crippen LogP contribution in [-0.2, 0) is 9.59 Å². The third-order valence-corrected chi connectivity index (χ3v) is 2.38. The molecule has 2 heteroatoms. The Kier molecular flexibility index (Phi) is 4.83. The third kappa shape index (κ3) is 4.35. The van der Waals surface area contributed by atoms with Crippen LogP contribution in [0.25, 0.3) is 6.08 Å². The van der Waals surface area contributed by atoms with Crippen molar-refractivity contribution in [3.05, 3.63) is 41.5 Å². The van der Waals surface area contributed by atoms with E-state index in [2.05, 4.69) is 0 Å². The molecule has 0 saturated heterocycles. The van der Waals surface area contributed by atoms with Crippen LogP contribution in [-0.4, -0.2) is 11.6 Å². The van der Waals surface area contributed by atoms with Gasteiger partial charge < -0.3 is 0 Å². The molecular formula is C15H18O2. The molecule has 0 bridgehead atoms. The van der Waals surface area contributed by atoms with Crippen LogP contribution in [0.5, 0.6) is 0 Å². The summed E-state index contributed by atoms with van der Waals surface area (Å²) in [6.45, 7) is 5.38. The van der Waals surface area contributed by atoms with Crippen LogP contribution in [0.15, 0.2) is 35.9 Å². The van der Waals surface area contributed by atoms with E-state index in [1.165, 1.54) is 6.92 Å². The normalized spacial score (nSPS) is 11.6. The van der Waals surface area contributed by atoms with Crippen LogP contribution < -0.4 is 0 Å². The molecule has 0 amide bonds. The highest BCUT2D eigenvalue weighted by Gasteiger charge is 2.15. The van der Waals surface area contributed by atoms with Crippen molar-refractivity contribution >= 4 is 17.6 Å². The zero-order valence-corrected chi connectivity index (χ0v) is 10.6. The van der Waals surface area contributed by atoms with Gasteiger partial charge in [-0.05, 0) is 24.5 Å². The monoisotopic (exact) mass is 230 g/mol. The summed E-state index contributed by atoms with van der Waals surface area (Å²) in [5.41, 5.74) is 1.18. The number of ketones is 2. The second-order valence-electron chi connectivity index (χ2n) is 4.55. The maximum Gasteiger partial charge on any atom is 0.166 e. The summed E-state index contributed by atoms with van der Waals surface area (Å²) in [5.74, 6) is 0.0249. The lowest BCUT2D eigenvalue weighted by Gasteiger charge is -2.05. The number of benzene rings is 1. The molecule has 0 N–H and O–H groups in total.